The van der Waals surface area contributed by atoms with Gasteiger partial charge >= 0.3 is 0 Å². The molecular weight excluding hydrogens is 282 g/mol. The third-order valence-electron chi connectivity index (χ3n) is 2.17. The molecule has 0 spiro atoms. The fourth-order valence-electron chi connectivity index (χ4n) is 1.28. The lowest BCUT2D eigenvalue weighted by atomic mass is 10.2. The van der Waals surface area contributed by atoms with Gasteiger partial charge in [-0.3, -0.25) is 0 Å². The van der Waals surface area contributed by atoms with Gasteiger partial charge < -0.3 is 5.32 Å². The Bertz CT molecular complexity index is 326. The van der Waals surface area contributed by atoms with Gasteiger partial charge in [0.15, 0.2) is 0 Å². The molecule has 90 valence electrons. The zero-order valence-electron chi connectivity index (χ0n) is 10.2. The highest BCUT2D eigenvalue weighted by Crippen LogP contribution is 2.26. The van der Waals surface area contributed by atoms with E-state index < -0.39 is 0 Å². The lowest BCUT2D eigenvalue weighted by Crippen LogP contribution is -2.12. The summed E-state index contributed by atoms with van der Waals surface area (Å²) in [5.41, 5.74) is 1.33. The molecule has 1 N–H and O–H groups in total. The number of nitrogens with one attached hydrogen (secondary N) is 1. The Kier molecular flexibility index (Phi) is 6.47. The molecule has 0 aromatic heterocycles. The van der Waals surface area contributed by atoms with Crippen molar-refractivity contribution >= 4 is 27.7 Å². The van der Waals surface area contributed by atoms with Crippen molar-refractivity contribution in [2.24, 2.45) is 5.92 Å². The number of halogens is 1. The van der Waals surface area contributed by atoms with Crippen molar-refractivity contribution in [2.75, 3.05) is 12.3 Å². The van der Waals surface area contributed by atoms with E-state index in [1.165, 1.54) is 20.7 Å². The van der Waals surface area contributed by atoms with Crippen LogP contribution in [0.3, 0.4) is 0 Å². The Balaban J connectivity index is 2.59. The van der Waals surface area contributed by atoms with Crippen LogP contribution in [0.1, 0.15) is 26.3 Å². The number of benzene rings is 1. The highest BCUT2D eigenvalue weighted by Gasteiger charge is 2.02. The molecule has 1 aromatic carbocycles. The molecule has 0 fully saturated rings. The van der Waals surface area contributed by atoms with Crippen molar-refractivity contribution in [3.63, 3.8) is 0 Å². The van der Waals surface area contributed by atoms with Crippen LogP contribution in [0, 0.1) is 5.92 Å². The Labute approximate surface area is 112 Å². The molecule has 1 nitrogen and oxygen atoms in total. The highest BCUT2D eigenvalue weighted by molar-refractivity contribution is 9.10. The van der Waals surface area contributed by atoms with E-state index in [0.29, 0.717) is 0 Å². The Morgan fingerprint density at radius 1 is 1.38 bits per heavy atom. The molecule has 0 saturated heterocycles. The normalized spacial score (nSPS) is 11.1. The summed E-state index contributed by atoms with van der Waals surface area (Å²) in [7, 11) is 0. The minimum absolute atomic E-state index is 0.741. The van der Waals surface area contributed by atoms with Crippen LogP contribution in [0.15, 0.2) is 27.6 Å². The minimum Gasteiger partial charge on any atom is -0.313 e. The van der Waals surface area contributed by atoms with Gasteiger partial charge in [-0.15, -0.1) is 11.8 Å². The second-order valence-electron chi connectivity index (χ2n) is 4.24. The molecule has 0 amide bonds. The van der Waals surface area contributed by atoms with Gasteiger partial charge in [0.05, 0.1) is 0 Å². The van der Waals surface area contributed by atoms with Crippen molar-refractivity contribution in [3.05, 3.63) is 28.2 Å². The van der Waals surface area contributed by atoms with Gasteiger partial charge in [0.25, 0.3) is 0 Å². The monoisotopic (exact) mass is 301 g/mol. The molecule has 0 heterocycles. The van der Waals surface area contributed by atoms with E-state index in [1.54, 1.807) is 0 Å². The van der Waals surface area contributed by atoms with Crippen molar-refractivity contribution < 1.29 is 0 Å². The van der Waals surface area contributed by atoms with Crippen LogP contribution >= 0.6 is 27.7 Å². The van der Waals surface area contributed by atoms with Crippen LogP contribution < -0.4 is 5.32 Å². The van der Waals surface area contributed by atoms with Crippen LogP contribution in [0.4, 0.5) is 0 Å². The molecule has 1 rings (SSSR count). The quantitative estimate of drug-likeness (QED) is 0.786. The van der Waals surface area contributed by atoms with Crippen molar-refractivity contribution in [1.82, 2.24) is 5.32 Å². The standard InChI is InChI=1S/C13H20BrNS/c1-4-15-8-11-5-6-12(7-13(11)14)16-9-10(2)3/h5-7,10,15H,4,8-9H2,1-3H3. The van der Waals surface area contributed by atoms with E-state index >= 15 is 0 Å². The maximum absolute atomic E-state index is 3.63. The van der Waals surface area contributed by atoms with E-state index in [1.807, 2.05) is 11.8 Å². The number of rotatable bonds is 6. The van der Waals surface area contributed by atoms with Gasteiger partial charge in [0.2, 0.25) is 0 Å². The first-order valence-corrected chi connectivity index (χ1v) is 7.53. The minimum atomic E-state index is 0.741. The summed E-state index contributed by atoms with van der Waals surface area (Å²) in [4.78, 5) is 1.35. The van der Waals surface area contributed by atoms with Crippen LogP contribution in [0.25, 0.3) is 0 Å². The first-order valence-electron chi connectivity index (χ1n) is 5.75. The maximum Gasteiger partial charge on any atom is 0.0231 e. The molecule has 0 aliphatic carbocycles. The van der Waals surface area contributed by atoms with Crippen molar-refractivity contribution in [2.45, 2.75) is 32.2 Å². The van der Waals surface area contributed by atoms with Crippen LogP contribution in [0.5, 0.6) is 0 Å². The average Bonchev–Trinajstić information content (AvgIpc) is 2.25. The van der Waals surface area contributed by atoms with E-state index in [9.17, 15) is 0 Å². The molecule has 0 unspecified atom stereocenters. The fraction of sp³-hybridized carbons (Fsp3) is 0.538. The predicted octanol–water partition coefficient (Wildman–Crippen LogP) is 4.31. The van der Waals surface area contributed by atoms with Gasteiger partial charge in [-0.1, -0.05) is 42.8 Å². The number of hydrogen-bond donors (Lipinski definition) is 1. The van der Waals surface area contributed by atoms with Gasteiger partial charge in [0, 0.05) is 21.7 Å². The van der Waals surface area contributed by atoms with Gasteiger partial charge in [-0.05, 0) is 30.2 Å². The molecule has 0 radical (unpaired) electrons. The van der Waals surface area contributed by atoms with Crippen LogP contribution in [-0.4, -0.2) is 12.3 Å². The second kappa shape index (κ2) is 7.36. The number of thioether (sulfide) groups is 1. The van der Waals surface area contributed by atoms with E-state index in [4.69, 9.17) is 0 Å². The Hall–Kier alpha value is 0.01000. The predicted molar refractivity (Wildman–Crippen MR) is 77.1 cm³/mol. The van der Waals surface area contributed by atoms with Gasteiger partial charge in [-0.25, -0.2) is 0 Å². The molecule has 0 aliphatic heterocycles. The third kappa shape index (κ3) is 4.89. The maximum atomic E-state index is 3.63. The molecule has 1 aromatic rings. The fourth-order valence-corrected chi connectivity index (χ4v) is 2.85. The molecule has 0 atom stereocenters. The largest absolute Gasteiger partial charge is 0.313 e. The van der Waals surface area contributed by atoms with E-state index in [2.05, 4.69) is 60.2 Å². The summed E-state index contributed by atoms with van der Waals surface area (Å²) in [6.07, 6.45) is 0. The second-order valence-corrected chi connectivity index (χ2v) is 6.19. The Morgan fingerprint density at radius 3 is 2.69 bits per heavy atom. The summed E-state index contributed by atoms with van der Waals surface area (Å²) in [5.74, 6) is 1.92. The molecule has 0 saturated carbocycles. The lowest BCUT2D eigenvalue weighted by molar-refractivity contribution is 0.724. The first kappa shape index (κ1) is 14.1. The summed E-state index contributed by atoms with van der Waals surface area (Å²) in [6.45, 7) is 8.58. The lowest BCUT2D eigenvalue weighted by Gasteiger charge is -2.08. The zero-order valence-corrected chi connectivity index (χ0v) is 12.6. The van der Waals surface area contributed by atoms with Gasteiger partial charge in [0.1, 0.15) is 0 Å². The van der Waals surface area contributed by atoms with Crippen LogP contribution in [0.2, 0.25) is 0 Å². The summed E-state index contributed by atoms with van der Waals surface area (Å²) >= 11 is 5.56. The summed E-state index contributed by atoms with van der Waals surface area (Å²) in [6, 6.07) is 6.64. The van der Waals surface area contributed by atoms with E-state index in [0.717, 1.165) is 19.0 Å². The third-order valence-corrected chi connectivity index (χ3v) is 4.33. The van der Waals surface area contributed by atoms with Gasteiger partial charge in [-0.2, -0.15) is 0 Å². The SMILES string of the molecule is CCNCc1ccc(SCC(C)C)cc1Br. The van der Waals surface area contributed by atoms with Crippen molar-refractivity contribution in [1.29, 1.82) is 0 Å². The Morgan fingerprint density at radius 2 is 2.12 bits per heavy atom. The summed E-state index contributed by atoms with van der Waals surface area (Å²) in [5, 5.41) is 3.34. The van der Waals surface area contributed by atoms with E-state index in [-0.39, 0.29) is 0 Å². The molecule has 0 aliphatic rings. The topological polar surface area (TPSA) is 12.0 Å². The average molecular weight is 302 g/mol. The highest BCUT2D eigenvalue weighted by atomic mass is 79.9. The molecular formula is C13H20BrNS. The molecule has 0 bridgehead atoms. The van der Waals surface area contributed by atoms with Crippen LogP contribution in [-0.2, 0) is 6.54 Å². The molecule has 3 heteroatoms. The molecule has 16 heavy (non-hydrogen) atoms. The zero-order chi connectivity index (χ0) is 12.0. The smallest absolute Gasteiger partial charge is 0.0231 e. The first-order chi connectivity index (χ1) is 7.63. The number of hydrogen-bond acceptors (Lipinski definition) is 2. The summed E-state index contributed by atoms with van der Waals surface area (Å²) < 4.78 is 1.21. The van der Waals surface area contributed by atoms with Crippen molar-refractivity contribution in [3.8, 4) is 0 Å².